The first kappa shape index (κ1) is 13.7. The van der Waals surface area contributed by atoms with Gasteiger partial charge in [-0.05, 0) is 26.2 Å². The minimum atomic E-state index is 0.00222. The monoisotopic (exact) mass is 263 g/mol. The second-order valence-corrected chi connectivity index (χ2v) is 4.99. The molecule has 0 atom stereocenters. The van der Waals surface area contributed by atoms with E-state index in [1.807, 2.05) is 39.3 Å². The average Bonchev–Trinajstić information content (AvgIpc) is 2.43. The number of ether oxygens (including phenoxy) is 1. The molecular weight excluding hydrogens is 242 g/mol. The zero-order valence-electron chi connectivity index (χ0n) is 11.8. The van der Waals surface area contributed by atoms with Gasteiger partial charge in [0.05, 0.1) is 11.3 Å². The minimum absolute atomic E-state index is 0.00222. The van der Waals surface area contributed by atoms with Crippen LogP contribution in [-0.2, 0) is 0 Å². The number of amides is 1. The summed E-state index contributed by atoms with van der Waals surface area (Å²) in [6, 6.07) is 5.64. The Labute approximate surface area is 114 Å². The summed E-state index contributed by atoms with van der Waals surface area (Å²) in [6.07, 6.45) is 0. The molecule has 0 aliphatic carbocycles. The van der Waals surface area contributed by atoms with Gasteiger partial charge >= 0.3 is 0 Å². The largest absolute Gasteiger partial charge is 0.489 e. The Morgan fingerprint density at radius 1 is 1.32 bits per heavy atom. The van der Waals surface area contributed by atoms with Gasteiger partial charge in [0.25, 0.3) is 5.91 Å². The molecule has 0 unspecified atom stereocenters. The van der Waals surface area contributed by atoms with Crippen LogP contribution in [0.25, 0.3) is 0 Å². The van der Waals surface area contributed by atoms with E-state index in [4.69, 9.17) is 4.74 Å². The molecule has 1 N–H and O–H groups in total. The van der Waals surface area contributed by atoms with E-state index in [9.17, 15) is 4.79 Å². The lowest BCUT2D eigenvalue weighted by Gasteiger charge is -2.24. The van der Waals surface area contributed by atoms with Crippen molar-refractivity contribution in [2.75, 3.05) is 52.7 Å². The number of carbonyl (C=O) groups excluding carboxylic acids is 1. The van der Waals surface area contributed by atoms with Crippen LogP contribution in [0.5, 0.6) is 5.75 Å². The first-order valence-corrected chi connectivity index (χ1v) is 6.49. The number of anilines is 1. The van der Waals surface area contributed by atoms with E-state index < -0.39 is 0 Å². The van der Waals surface area contributed by atoms with E-state index in [2.05, 4.69) is 10.2 Å². The van der Waals surface area contributed by atoms with Gasteiger partial charge in [-0.25, -0.2) is 0 Å². The van der Waals surface area contributed by atoms with Gasteiger partial charge in [0.1, 0.15) is 6.61 Å². The van der Waals surface area contributed by atoms with Gasteiger partial charge in [-0.15, -0.1) is 0 Å². The van der Waals surface area contributed by atoms with E-state index in [1.54, 1.807) is 4.90 Å². The molecule has 0 spiro atoms. The number of benzene rings is 1. The molecule has 5 heteroatoms. The Kier molecular flexibility index (Phi) is 4.27. The first-order valence-electron chi connectivity index (χ1n) is 6.49. The fourth-order valence-corrected chi connectivity index (χ4v) is 2.00. The number of para-hydroxylation sites is 1. The Balaban J connectivity index is 2.15. The van der Waals surface area contributed by atoms with Crippen LogP contribution in [0.3, 0.4) is 0 Å². The van der Waals surface area contributed by atoms with Crippen molar-refractivity contribution >= 4 is 11.6 Å². The Bertz CT molecular complexity index is 460. The summed E-state index contributed by atoms with van der Waals surface area (Å²) >= 11 is 0. The number of fused-ring (bicyclic) bond motifs is 1. The van der Waals surface area contributed by atoms with Crippen molar-refractivity contribution in [3.8, 4) is 5.75 Å². The Morgan fingerprint density at radius 2 is 2.11 bits per heavy atom. The maximum Gasteiger partial charge on any atom is 0.257 e. The third kappa shape index (κ3) is 3.17. The van der Waals surface area contributed by atoms with E-state index in [1.165, 1.54) is 0 Å². The second-order valence-electron chi connectivity index (χ2n) is 4.99. The number of nitrogens with zero attached hydrogens (tertiary/aromatic N) is 2. The van der Waals surface area contributed by atoms with E-state index in [0.29, 0.717) is 24.5 Å². The van der Waals surface area contributed by atoms with Crippen molar-refractivity contribution in [2.24, 2.45) is 0 Å². The van der Waals surface area contributed by atoms with Crippen LogP contribution in [0.2, 0.25) is 0 Å². The maximum absolute atomic E-state index is 12.4. The van der Waals surface area contributed by atoms with Crippen LogP contribution >= 0.6 is 0 Å². The Hall–Kier alpha value is -1.75. The van der Waals surface area contributed by atoms with Gasteiger partial charge < -0.3 is 19.9 Å². The SMILES string of the molecule is CN(C)CCN(C)C(=O)c1cccc2c1OCCN2. The van der Waals surface area contributed by atoms with Gasteiger partial charge in [0, 0.05) is 26.7 Å². The quantitative estimate of drug-likeness (QED) is 0.884. The standard InChI is InChI=1S/C14H21N3O2/c1-16(2)8-9-17(3)14(18)11-5-4-6-12-13(11)19-10-7-15-12/h4-6,15H,7-10H2,1-3H3. The van der Waals surface area contributed by atoms with Crippen LogP contribution < -0.4 is 10.1 Å². The molecule has 1 heterocycles. The molecule has 0 radical (unpaired) electrons. The molecule has 1 aromatic rings. The lowest BCUT2D eigenvalue weighted by atomic mass is 10.1. The smallest absolute Gasteiger partial charge is 0.257 e. The van der Waals surface area contributed by atoms with Crippen molar-refractivity contribution < 1.29 is 9.53 Å². The molecule has 1 aromatic carbocycles. The maximum atomic E-state index is 12.4. The summed E-state index contributed by atoms with van der Waals surface area (Å²) < 4.78 is 5.63. The van der Waals surface area contributed by atoms with Crippen molar-refractivity contribution in [3.05, 3.63) is 23.8 Å². The summed E-state index contributed by atoms with van der Waals surface area (Å²) in [7, 11) is 5.81. The fraction of sp³-hybridized carbons (Fsp3) is 0.500. The fourth-order valence-electron chi connectivity index (χ4n) is 2.00. The lowest BCUT2D eigenvalue weighted by molar-refractivity contribution is 0.0782. The van der Waals surface area contributed by atoms with Crippen LogP contribution in [0.1, 0.15) is 10.4 Å². The van der Waals surface area contributed by atoms with Crippen molar-refractivity contribution in [3.63, 3.8) is 0 Å². The number of carbonyl (C=O) groups is 1. The highest BCUT2D eigenvalue weighted by Crippen LogP contribution is 2.31. The average molecular weight is 263 g/mol. The van der Waals surface area contributed by atoms with Crippen LogP contribution in [0.4, 0.5) is 5.69 Å². The van der Waals surface area contributed by atoms with Crippen molar-refractivity contribution in [1.29, 1.82) is 0 Å². The molecule has 0 saturated heterocycles. The van der Waals surface area contributed by atoms with Gasteiger partial charge in [-0.1, -0.05) is 6.07 Å². The highest BCUT2D eigenvalue weighted by molar-refractivity contribution is 5.98. The van der Waals surface area contributed by atoms with Crippen molar-refractivity contribution in [1.82, 2.24) is 9.80 Å². The molecule has 0 saturated carbocycles. The van der Waals surface area contributed by atoms with Gasteiger partial charge in [-0.2, -0.15) is 0 Å². The summed E-state index contributed by atoms with van der Waals surface area (Å²) in [5.41, 5.74) is 1.53. The second kappa shape index (κ2) is 5.93. The summed E-state index contributed by atoms with van der Waals surface area (Å²) in [6.45, 7) is 2.92. The zero-order chi connectivity index (χ0) is 13.8. The minimum Gasteiger partial charge on any atom is -0.489 e. The summed E-state index contributed by atoms with van der Waals surface area (Å²) in [4.78, 5) is 16.2. The highest BCUT2D eigenvalue weighted by Gasteiger charge is 2.21. The summed E-state index contributed by atoms with van der Waals surface area (Å²) in [5.74, 6) is 0.679. The van der Waals surface area contributed by atoms with E-state index >= 15 is 0 Å². The molecule has 5 nitrogen and oxygen atoms in total. The number of hydrogen-bond acceptors (Lipinski definition) is 4. The summed E-state index contributed by atoms with van der Waals surface area (Å²) in [5, 5.41) is 3.24. The number of hydrogen-bond donors (Lipinski definition) is 1. The Morgan fingerprint density at radius 3 is 2.84 bits per heavy atom. The molecule has 0 fully saturated rings. The number of likely N-dealkylation sites (N-methyl/N-ethyl adjacent to an activating group) is 2. The molecule has 0 bridgehead atoms. The third-order valence-corrected chi connectivity index (χ3v) is 3.14. The molecule has 2 rings (SSSR count). The normalized spacial score (nSPS) is 13.5. The van der Waals surface area contributed by atoms with Gasteiger partial charge in [-0.3, -0.25) is 4.79 Å². The van der Waals surface area contributed by atoms with Crippen LogP contribution in [0.15, 0.2) is 18.2 Å². The highest BCUT2D eigenvalue weighted by atomic mass is 16.5. The topological polar surface area (TPSA) is 44.8 Å². The zero-order valence-corrected chi connectivity index (χ0v) is 11.8. The predicted molar refractivity (Wildman–Crippen MR) is 75.9 cm³/mol. The molecule has 0 aromatic heterocycles. The molecule has 1 aliphatic rings. The van der Waals surface area contributed by atoms with Crippen LogP contribution in [-0.4, -0.2) is 63.1 Å². The van der Waals surface area contributed by atoms with Gasteiger partial charge in [0.2, 0.25) is 0 Å². The molecule has 1 aliphatic heterocycles. The number of nitrogens with one attached hydrogen (secondary N) is 1. The molecule has 19 heavy (non-hydrogen) atoms. The van der Waals surface area contributed by atoms with E-state index in [-0.39, 0.29) is 5.91 Å². The number of rotatable bonds is 4. The van der Waals surface area contributed by atoms with Crippen molar-refractivity contribution in [2.45, 2.75) is 0 Å². The molecular formula is C14H21N3O2. The predicted octanol–water partition coefficient (Wildman–Crippen LogP) is 1.12. The van der Waals surface area contributed by atoms with E-state index in [0.717, 1.165) is 18.8 Å². The first-order chi connectivity index (χ1) is 9.09. The molecule has 1 amide bonds. The molecule has 104 valence electrons. The lowest BCUT2D eigenvalue weighted by Crippen LogP contribution is -2.34. The van der Waals surface area contributed by atoms with Crippen LogP contribution in [0, 0.1) is 0 Å². The van der Waals surface area contributed by atoms with Gasteiger partial charge in [0.15, 0.2) is 5.75 Å². The third-order valence-electron chi connectivity index (χ3n) is 3.14.